The number of methoxy groups -OCH3 is 2. The van der Waals surface area contributed by atoms with Crippen LogP contribution < -0.4 is 5.32 Å². The van der Waals surface area contributed by atoms with Crippen LogP contribution in [0.5, 0.6) is 0 Å². The van der Waals surface area contributed by atoms with E-state index in [1.54, 1.807) is 19.4 Å². The van der Waals surface area contributed by atoms with Gasteiger partial charge in [-0.2, -0.15) is 0 Å². The molecule has 166 valence electrons. The Labute approximate surface area is 184 Å². The number of anilines is 1. The number of nitrogens with one attached hydrogen (secondary N) is 1. The summed E-state index contributed by atoms with van der Waals surface area (Å²) in [5.41, 5.74) is 3.20. The highest BCUT2D eigenvalue weighted by Gasteiger charge is 2.47. The van der Waals surface area contributed by atoms with Gasteiger partial charge in [0.05, 0.1) is 37.7 Å². The molecule has 6 heteroatoms. The van der Waals surface area contributed by atoms with Crippen molar-refractivity contribution in [1.82, 2.24) is 4.90 Å². The van der Waals surface area contributed by atoms with Gasteiger partial charge in [0.25, 0.3) is 0 Å². The second kappa shape index (κ2) is 8.87. The minimum absolute atomic E-state index is 0.106. The molecule has 31 heavy (non-hydrogen) atoms. The molecule has 0 aliphatic carbocycles. The van der Waals surface area contributed by atoms with Crippen LogP contribution in [-0.4, -0.2) is 56.0 Å². The van der Waals surface area contributed by atoms with Gasteiger partial charge in [-0.1, -0.05) is 38.1 Å². The first-order valence-corrected chi connectivity index (χ1v) is 11.1. The summed E-state index contributed by atoms with van der Waals surface area (Å²) >= 11 is 0. The minimum atomic E-state index is -0.312. The molecule has 3 heterocycles. The Balaban J connectivity index is 1.53. The van der Waals surface area contributed by atoms with Gasteiger partial charge in [-0.25, -0.2) is 4.79 Å². The number of rotatable bonds is 6. The highest BCUT2D eigenvalue weighted by molar-refractivity contribution is 6.13. The molecule has 1 aromatic rings. The predicted octanol–water partition coefficient (Wildman–Crippen LogP) is 3.75. The maximum Gasteiger partial charge on any atom is 0.337 e. The van der Waals surface area contributed by atoms with Crippen LogP contribution in [-0.2, 0) is 14.3 Å². The summed E-state index contributed by atoms with van der Waals surface area (Å²) in [6.45, 7) is 7.85. The molecule has 2 fully saturated rings. The quantitative estimate of drug-likeness (QED) is 0.426. The van der Waals surface area contributed by atoms with E-state index in [4.69, 9.17) is 9.47 Å². The normalized spacial score (nSPS) is 30.4. The first kappa shape index (κ1) is 21.6. The van der Waals surface area contributed by atoms with Crippen LogP contribution in [0.15, 0.2) is 36.6 Å². The molecule has 5 atom stereocenters. The van der Waals surface area contributed by atoms with Gasteiger partial charge >= 0.3 is 5.97 Å². The number of carbonyl (C=O) groups is 2. The molecule has 4 rings (SSSR count). The van der Waals surface area contributed by atoms with Crippen molar-refractivity contribution in [1.29, 1.82) is 0 Å². The number of Topliss-reactive ketones (excluding diaryl/α,β-unsaturated/α-hetero) is 1. The molecule has 2 saturated heterocycles. The molecular formula is C25H32N2O4. The van der Waals surface area contributed by atoms with Crippen molar-refractivity contribution >= 4 is 23.5 Å². The van der Waals surface area contributed by atoms with Crippen molar-refractivity contribution in [3.05, 3.63) is 47.7 Å². The van der Waals surface area contributed by atoms with Gasteiger partial charge in [0.2, 0.25) is 0 Å². The van der Waals surface area contributed by atoms with Crippen LogP contribution in [0.4, 0.5) is 5.69 Å². The van der Waals surface area contributed by atoms with E-state index in [0.717, 1.165) is 49.2 Å². The standard InChI is InChI=1S/C25H32N2O4/c1-5-15-8-7-9-21-22(15)24(28)23(26-21)17-10-18-11-19(16(6-2)12-27(18)13-17)20(14-30-3)25(29)31-4/h5,7-9,14,16-19,23,26H,1,6,10-13H2,2-4H3/b20-14+/t16-,17?,18?,19+,23?/m1/s1. The minimum Gasteiger partial charge on any atom is -0.504 e. The Morgan fingerprint density at radius 3 is 2.77 bits per heavy atom. The van der Waals surface area contributed by atoms with Crippen molar-refractivity contribution in [2.24, 2.45) is 17.8 Å². The van der Waals surface area contributed by atoms with Gasteiger partial charge in [0.1, 0.15) is 0 Å². The van der Waals surface area contributed by atoms with E-state index < -0.39 is 0 Å². The van der Waals surface area contributed by atoms with Gasteiger partial charge in [-0.15, -0.1) is 0 Å². The molecule has 1 N–H and O–H groups in total. The number of ether oxygens (including phenoxy) is 2. The number of fused-ring (bicyclic) bond motifs is 2. The second-order valence-electron chi connectivity index (χ2n) is 8.87. The molecule has 6 nitrogen and oxygen atoms in total. The lowest BCUT2D eigenvalue weighted by Crippen LogP contribution is -2.45. The fourth-order valence-electron chi connectivity index (χ4n) is 5.83. The second-order valence-corrected chi connectivity index (χ2v) is 8.87. The summed E-state index contributed by atoms with van der Waals surface area (Å²) in [5.74, 6) is 0.565. The Hall–Kier alpha value is -2.60. The molecule has 3 unspecified atom stereocenters. The maximum absolute atomic E-state index is 13.3. The van der Waals surface area contributed by atoms with Gasteiger partial charge < -0.3 is 14.8 Å². The number of carbonyl (C=O) groups excluding carboxylic acids is 2. The Morgan fingerprint density at radius 2 is 2.10 bits per heavy atom. The van der Waals surface area contributed by atoms with Crippen LogP contribution in [0.1, 0.15) is 42.1 Å². The predicted molar refractivity (Wildman–Crippen MR) is 121 cm³/mol. The molecule has 0 spiro atoms. The van der Waals surface area contributed by atoms with E-state index in [0.29, 0.717) is 17.5 Å². The van der Waals surface area contributed by atoms with E-state index in [2.05, 4.69) is 23.7 Å². The van der Waals surface area contributed by atoms with Gasteiger partial charge in [0.15, 0.2) is 5.78 Å². The van der Waals surface area contributed by atoms with E-state index in [9.17, 15) is 9.59 Å². The summed E-state index contributed by atoms with van der Waals surface area (Å²) < 4.78 is 10.3. The summed E-state index contributed by atoms with van der Waals surface area (Å²) in [6, 6.07) is 6.03. The Kier molecular flexibility index (Phi) is 6.19. The fraction of sp³-hybridized carbons (Fsp3) is 0.520. The first-order chi connectivity index (χ1) is 15.0. The van der Waals surface area contributed by atoms with Gasteiger partial charge in [0, 0.05) is 30.7 Å². The number of hydrogen-bond acceptors (Lipinski definition) is 6. The van der Waals surface area contributed by atoms with Crippen molar-refractivity contribution in [2.45, 2.75) is 38.3 Å². The SMILES string of the molecule is C=Cc1cccc2c1C(=O)C(C1CC3C[C@H](/C(=C\OC)C(=O)OC)[C@H](CC)CN3C1)N2. The van der Waals surface area contributed by atoms with E-state index in [1.165, 1.54) is 7.11 Å². The summed E-state index contributed by atoms with van der Waals surface area (Å²) in [5, 5.41) is 3.49. The smallest absolute Gasteiger partial charge is 0.337 e. The number of benzene rings is 1. The summed E-state index contributed by atoms with van der Waals surface area (Å²) in [7, 11) is 2.98. The molecule has 1 aromatic carbocycles. The zero-order chi connectivity index (χ0) is 22.1. The fourth-order valence-corrected chi connectivity index (χ4v) is 5.83. The van der Waals surface area contributed by atoms with E-state index in [1.807, 2.05) is 18.2 Å². The third-order valence-electron chi connectivity index (χ3n) is 7.34. The molecule has 3 aliphatic rings. The largest absolute Gasteiger partial charge is 0.504 e. The zero-order valence-electron chi connectivity index (χ0n) is 18.6. The van der Waals surface area contributed by atoms with Crippen molar-refractivity contribution in [3.63, 3.8) is 0 Å². The number of nitrogens with zero attached hydrogens (tertiary/aromatic N) is 1. The summed E-state index contributed by atoms with van der Waals surface area (Å²) in [6.07, 6.45) is 6.11. The van der Waals surface area contributed by atoms with Crippen molar-refractivity contribution in [2.75, 3.05) is 32.6 Å². The zero-order valence-corrected chi connectivity index (χ0v) is 18.6. The van der Waals surface area contributed by atoms with Crippen molar-refractivity contribution in [3.8, 4) is 0 Å². The summed E-state index contributed by atoms with van der Waals surface area (Å²) in [4.78, 5) is 28.2. The molecule has 0 saturated carbocycles. The number of hydrogen-bond donors (Lipinski definition) is 1. The molecule has 0 bridgehead atoms. The van der Waals surface area contributed by atoms with E-state index in [-0.39, 0.29) is 29.6 Å². The Morgan fingerprint density at radius 1 is 1.29 bits per heavy atom. The third-order valence-corrected chi connectivity index (χ3v) is 7.34. The highest BCUT2D eigenvalue weighted by Crippen LogP contribution is 2.43. The lowest BCUT2D eigenvalue weighted by Gasteiger charge is -2.41. The highest BCUT2D eigenvalue weighted by atomic mass is 16.5. The van der Waals surface area contributed by atoms with Gasteiger partial charge in [-0.05, 0) is 36.3 Å². The lowest BCUT2D eigenvalue weighted by molar-refractivity contribution is -0.137. The molecule has 0 radical (unpaired) electrons. The van der Waals surface area contributed by atoms with Crippen LogP contribution in [0.25, 0.3) is 6.08 Å². The lowest BCUT2D eigenvalue weighted by atomic mass is 9.76. The van der Waals surface area contributed by atoms with Crippen LogP contribution >= 0.6 is 0 Å². The average Bonchev–Trinajstić information content (AvgIpc) is 3.36. The van der Waals surface area contributed by atoms with Crippen molar-refractivity contribution < 1.29 is 19.1 Å². The topological polar surface area (TPSA) is 67.9 Å². The number of esters is 1. The average molecular weight is 425 g/mol. The van der Waals surface area contributed by atoms with Crippen LogP contribution in [0.2, 0.25) is 0 Å². The molecule has 0 amide bonds. The molecular weight excluding hydrogens is 392 g/mol. The van der Waals surface area contributed by atoms with Gasteiger partial charge in [-0.3, -0.25) is 9.69 Å². The van der Waals surface area contributed by atoms with E-state index >= 15 is 0 Å². The molecule has 3 aliphatic heterocycles. The monoisotopic (exact) mass is 424 g/mol. The maximum atomic E-state index is 13.3. The number of ketones is 1. The molecule has 0 aromatic heterocycles. The number of piperidine rings is 1. The Bertz CT molecular complexity index is 909. The van der Waals surface area contributed by atoms with Crippen LogP contribution in [0, 0.1) is 17.8 Å². The van der Waals surface area contributed by atoms with Crippen LogP contribution in [0.3, 0.4) is 0 Å². The third kappa shape index (κ3) is 3.78. The first-order valence-electron chi connectivity index (χ1n) is 11.1.